The topological polar surface area (TPSA) is 95.8 Å². The van der Waals surface area contributed by atoms with Crippen molar-refractivity contribution in [1.29, 1.82) is 0 Å². The number of rotatable bonds is 6. The molecule has 3 aromatic heterocycles. The van der Waals surface area contributed by atoms with E-state index in [0.717, 1.165) is 27.9 Å². The number of nitrogens with zero attached hydrogens (tertiary/aromatic N) is 4. The lowest BCUT2D eigenvalue weighted by molar-refractivity contribution is 0.101. The minimum Gasteiger partial charge on any atom is -0.598 e. The Morgan fingerprint density at radius 2 is 1.85 bits per heavy atom. The maximum absolute atomic E-state index is 12.5. The van der Waals surface area contributed by atoms with E-state index in [9.17, 15) is 9.35 Å². The van der Waals surface area contributed by atoms with Gasteiger partial charge in [-0.1, -0.05) is 24.3 Å². The Balaban J connectivity index is 1.69. The number of nitrogens with one attached hydrogen (secondary N) is 1. The van der Waals surface area contributed by atoms with E-state index in [1.807, 2.05) is 70.2 Å². The Kier molecular flexibility index (Phi) is 6.34. The highest BCUT2D eigenvalue weighted by Crippen LogP contribution is 2.26. The lowest BCUT2D eigenvalue weighted by Gasteiger charge is -2.26. The van der Waals surface area contributed by atoms with Gasteiger partial charge in [0.15, 0.2) is 11.6 Å². The maximum atomic E-state index is 12.5. The van der Waals surface area contributed by atoms with Crippen molar-refractivity contribution in [2.24, 2.45) is 0 Å². The van der Waals surface area contributed by atoms with Crippen LogP contribution in [0.3, 0.4) is 0 Å². The number of aromatic nitrogens is 4. The number of hydrogen-bond acceptors (Lipinski definition) is 6. The Morgan fingerprint density at radius 3 is 2.58 bits per heavy atom. The van der Waals surface area contributed by atoms with Crippen LogP contribution in [-0.2, 0) is 11.4 Å². The minimum absolute atomic E-state index is 0.0925. The van der Waals surface area contributed by atoms with Gasteiger partial charge >= 0.3 is 0 Å². The van der Waals surface area contributed by atoms with E-state index in [4.69, 9.17) is 4.98 Å². The summed E-state index contributed by atoms with van der Waals surface area (Å²) in [7, 11) is 0. The molecule has 0 aliphatic heterocycles. The van der Waals surface area contributed by atoms with Gasteiger partial charge in [0.2, 0.25) is 0 Å². The highest BCUT2D eigenvalue weighted by molar-refractivity contribution is 7.90. The van der Waals surface area contributed by atoms with Crippen molar-refractivity contribution in [3.05, 3.63) is 72.2 Å². The van der Waals surface area contributed by atoms with Gasteiger partial charge in [-0.15, -0.1) is 4.72 Å². The van der Waals surface area contributed by atoms with E-state index in [-0.39, 0.29) is 16.6 Å². The Bertz CT molecular complexity index is 1310. The van der Waals surface area contributed by atoms with Gasteiger partial charge in [0, 0.05) is 29.2 Å². The molecule has 0 amide bonds. The number of carbonyl (C=O) groups is 1. The molecule has 0 fully saturated rings. The van der Waals surface area contributed by atoms with Crippen LogP contribution in [0.25, 0.3) is 28.0 Å². The smallest absolute Gasteiger partial charge is 0.178 e. The molecule has 4 aromatic rings. The monoisotopic (exact) mass is 461 g/mol. The molecule has 170 valence electrons. The summed E-state index contributed by atoms with van der Waals surface area (Å²) in [6.45, 7) is 9.27. The number of pyridine rings is 2. The number of carbonyl (C=O) groups excluding carboxylic acids is 1. The fourth-order valence-corrected chi connectivity index (χ4v) is 4.14. The molecule has 1 N–H and O–H groups in total. The maximum Gasteiger partial charge on any atom is 0.178 e. The van der Waals surface area contributed by atoms with Crippen molar-refractivity contribution >= 4 is 28.0 Å². The van der Waals surface area contributed by atoms with Crippen LogP contribution >= 0.6 is 0 Å². The van der Waals surface area contributed by atoms with Crippen LogP contribution in [0.5, 0.6) is 0 Å². The van der Waals surface area contributed by atoms with E-state index in [2.05, 4.69) is 14.8 Å². The molecule has 0 aliphatic rings. The van der Waals surface area contributed by atoms with Gasteiger partial charge < -0.3 is 4.55 Å². The van der Waals surface area contributed by atoms with Gasteiger partial charge in [0.1, 0.15) is 10.4 Å². The van der Waals surface area contributed by atoms with E-state index < -0.39 is 11.4 Å². The van der Waals surface area contributed by atoms with Crippen LogP contribution in [0.1, 0.15) is 56.8 Å². The van der Waals surface area contributed by atoms with Crippen molar-refractivity contribution in [2.75, 3.05) is 0 Å². The van der Waals surface area contributed by atoms with Gasteiger partial charge in [-0.3, -0.25) is 9.78 Å². The van der Waals surface area contributed by atoms with Gasteiger partial charge in [0.25, 0.3) is 0 Å². The number of ketones is 1. The summed E-state index contributed by atoms with van der Waals surface area (Å²) in [5, 5.41) is 5.44. The van der Waals surface area contributed by atoms with Gasteiger partial charge in [-0.05, 0) is 58.0 Å². The first kappa shape index (κ1) is 23.1. The normalized spacial score (nSPS) is 13.8. The molecule has 0 saturated carbocycles. The first-order chi connectivity index (χ1) is 15.6. The number of benzene rings is 1. The predicted octanol–water partition coefficient (Wildman–Crippen LogP) is 4.80. The van der Waals surface area contributed by atoms with Gasteiger partial charge in [-0.2, -0.15) is 5.10 Å². The SMILES string of the molecule is CC(=O)c1cccc(-n2ncc3ccc(-c4cccc([C@H](C)N[S@+]([O-])C(C)(C)C)n4)cc32)n1. The van der Waals surface area contributed by atoms with E-state index in [0.29, 0.717) is 11.5 Å². The lowest BCUT2D eigenvalue weighted by atomic mass is 10.1. The summed E-state index contributed by atoms with van der Waals surface area (Å²) in [5.41, 5.74) is 3.82. The average molecular weight is 462 g/mol. The molecule has 1 aromatic carbocycles. The Hall–Kier alpha value is -3.07. The van der Waals surface area contributed by atoms with E-state index in [1.54, 1.807) is 23.0 Å². The third-order valence-corrected chi connectivity index (χ3v) is 6.91. The van der Waals surface area contributed by atoms with Crippen molar-refractivity contribution < 1.29 is 9.35 Å². The van der Waals surface area contributed by atoms with Crippen molar-refractivity contribution in [1.82, 2.24) is 24.5 Å². The van der Waals surface area contributed by atoms with Crippen molar-refractivity contribution in [3.8, 4) is 17.1 Å². The second kappa shape index (κ2) is 9.05. The molecular formula is C25H27N5O2S. The third kappa shape index (κ3) is 4.98. The van der Waals surface area contributed by atoms with Crippen molar-refractivity contribution in [2.45, 2.75) is 45.4 Å². The molecule has 0 unspecified atom stereocenters. The third-order valence-electron chi connectivity index (χ3n) is 5.23. The molecule has 2 atom stereocenters. The Morgan fingerprint density at radius 1 is 1.09 bits per heavy atom. The zero-order chi connectivity index (χ0) is 23.8. The molecule has 8 heteroatoms. The molecule has 33 heavy (non-hydrogen) atoms. The zero-order valence-electron chi connectivity index (χ0n) is 19.4. The molecule has 0 spiro atoms. The zero-order valence-corrected chi connectivity index (χ0v) is 20.2. The van der Waals surface area contributed by atoms with E-state index >= 15 is 0 Å². The molecular weight excluding hydrogens is 434 g/mol. The molecule has 0 radical (unpaired) electrons. The van der Waals surface area contributed by atoms with Crippen LogP contribution in [0.2, 0.25) is 0 Å². The average Bonchev–Trinajstić information content (AvgIpc) is 3.22. The summed E-state index contributed by atoms with van der Waals surface area (Å²) in [4.78, 5) is 21.0. The largest absolute Gasteiger partial charge is 0.598 e. The fourth-order valence-electron chi connectivity index (χ4n) is 3.35. The second-order valence-corrected chi connectivity index (χ2v) is 10.9. The molecule has 3 heterocycles. The summed E-state index contributed by atoms with van der Waals surface area (Å²) in [6, 6.07) is 17.0. The molecule has 0 aliphatic carbocycles. The Labute approximate surface area is 196 Å². The quantitative estimate of drug-likeness (QED) is 0.327. The highest BCUT2D eigenvalue weighted by atomic mass is 32.2. The van der Waals surface area contributed by atoms with Gasteiger partial charge in [-0.25, -0.2) is 9.67 Å². The second-order valence-electron chi connectivity index (χ2n) is 8.94. The van der Waals surface area contributed by atoms with Crippen LogP contribution in [-0.4, -0.2) is 34.8 Å². The predicted molar refractivity (Wildman–Crippen MR) is 132 cm³/mol. The molecule has 0 bridgehead atoms. The van der Waals surface area contributed by atoms with Crippen LogP contribution in [0, 0.1) is 0 Å². The highest BCUT2D eigenvalue weighted by Gasteiger charge is 2.28. The number of fused-ring (bicyclic) bond motifs is 1. The first-order valence-corrected chi connectivity index (χ1v) is 11.9. The van der Waals surface area contributed by atoms with Gasteiger partial charge in [0.05, 0.1) is 29.1 Å². The summed E-state index contributed by atoms with van der Waals surface area (Å²) in [6.07, 6.45) is 1.78. The number of Topliss-reactive ketones (excluding diaryl/α,β-unsaturated/α-hetero) is 1. The van der Waals surface area contributed by atoms with Crippen molar-refractivity contribution in [3.63, 3.8) is 0 Å². The van der Waals surface area contributed by atoms with E-state index in [1.165, 1.54) is 6.92 Å². The number of hydrogen-bond donors (Lipinski definition) is 1. The molecule has 4 rings (SSSR count). The first-order valence-electron chi connectivity index (χ1n) is 10.7. The van der Waals surface area contributed by atoms with Crippen LogP contribution < -0.4 is 4.72 Å². The summed E-state index contributed by atoms with van der Waals surface area (Å²) >= 11 is -1.19. The fraction of sp³-hybridized carbons (Fsp3) is 0.280. The molecule has 7 nitrogen and oxygen atoms in total. The summed E-state index contributed by atoms with van der Waals surface area (Å²) < 4.78 is 17.0. The lowest BCUT2D eigenvalue weighted by Crippen LogP contribution is -2.40. The molecule has 0 saturated heterocycles. The standard InChI is InChI=1S/C25H27N5O2S/c1-16(29-33(32)25(3,4)5)20-8-6-10-22(27-20)18-12-13-19-15-26-30(23(19)14-18)24-11-7-9-21(28-24)17(2)31/h6-16,29H,1-5H3/t16-,33+/m0/s1. The van der Waals surface area contributed by atoms with Crippen LogP contribution in [0.15, 0.2) is 60.8 Å². The summed E-state index contributed by atoms with van der Waals surface area (Å²) in [5.74, 6) is 0.490. The minimum atomic E-state index is -1.19. The van der Waals surface area contributed by atoms with Crippen LogP contribution in [0.4, 0.5) is 0 Å².